The lowest BCUT2D eigenvalue weighted by atomic mass is 10.1. The van der Waals surface area contributed by atoms with Crippen LogP contribution in [-0.4, -0.2) is 41.8 Å². The SMILES string of the molecule is CCOc1ccc([C@H](C)NC(=O)c2ccc(CN3C(=O)[C@@H]4CCCN4C(=O)c4ccccc43)cc2)cc1. The van der Waals surface area contributed by atoms with E-state index in [0.29, 0.717) is 42.9 Å². The fourth-order valence-electron chi connectivity index (χ4n) is 5.10. The van der Waals surface area contributed by atoms with E-state index in [9.17, 15) is 14.4 Å². The number of fused-ring (bicyclic) bond motifs is 2. The van der Waals surface area contributed by atoms with Crippen LogP contribution >= 0.6 is 0 Å². The van der Waals surface area contributed by atoms with Crippen LogP contribution in [0.1, 0.15) is 64.6 Å². The Morgan fingerprint density at radius 2 is 1.76 bits per heavy atom. The minimum absolute atomic E-state index is 0.0539. The number of nitrogens with zero attached hydrogens (tertiary/aromatic N) is 2. The summed E-state index contributed by atoms with van der Waals surface area (Å²) in [7, 11) is 0. The lowest BCUT2D eigenvalue weighted by Gasteiger charge is -2.26. The first kappa shape index (κ1) is 24.6. The number of benzene rings is 3. The summed E-state index contributed by atoms with van der Waals surface area (Å²) in [6.45, 7) is 5.43. The fraction of sp³-hybridized carbons (Fsp3) is 0.300. The number of rotatable bonds is 7. The summed E-state index contributed by atoms with van der Waals surface area (Å²) in [4.78, 5) is 42.9. The van der Waals surface area contributed by atoms with E-state index in [1.54, 1.807) is 28.0 Å². The second-order valence-electron chi connectivity index (χ2n) is 9.49. The molecular weight excluding hydrogens is 466 g/mol. The molecule has 2 heterocycles. The third-order valence-corrected chi connectivity index (χ3v) is 7.09. The van der Waals surface area contributed by atoms with E-state index < -0.39 is 6.04 Å². The van der Waals surface area contributed by atoms with Gasteiger partial charge in [0, 0.05) is 12.1 Å². The molecule has 2 aliphatic heterocycles. The van der Waals surface area contributed by atoms with Gasteiger partial charge in [-0.1, -0.05) is 36.4 Å². The molecule has 0 bridgehead atoms. The molecule has 0 spiro atoms. The summed E-state index contributed by atoms with van der Waals surface area (Å²) >= 11 is 0. The van der Waals surface area contributed by atoms with Gasteiger partial charge in [0.1, 0.15) is 11.8 Å². The van der Waals surface area contributed by atoms with Crippen molar-refractivity contribution in [2.75, 3.05) is 18.1 Å². The van der Waals surface area contributed by atoms with Crippen LogP contribution in [-0.2, 0) is 11.3 Å². The number of para-hydroxylation sites is 1. The maximum Gasteiger partial charge on any atom is 0.256 e. The largest absolute Gasteiger partial charge is 0.494 e. The second kappa shape index (κ2) is 10.5. The van der Waals surface area contributed by atoms with Gasteiger partial charge in [-0.3, -0.25) is 14.4 Å². The van der Waals surface area contributed by atoms with Crippen molar-refractivity contribution in [1.82, 2.24) is 10.2 Å². The second-order valence-corrected chi connectivity index (χ2v) is 9.49. The van der Waals surface area contributed by atoms with Crippen molar-refractivity contribution in [1.29, 1.82) is 0 Å². The van der Waals surface area contributed by atoms with Crippen molar-refractivity contribution < 1.29 is 19.1 Å². The van der Waals surface area contributed by atoms with Gasteiger partial charge in [-0.25, -0.2) is 0 Å². The molecule has 37 heavy (non-hydrogen) atoms. The molecule has 7 nitrogen and oxygen atoms in total. The zero-order valence-corrected chi connectivity index (χ0v) is 21.1. The van der Waals surface area contributed by atoms with E-state index in [1.807, 2.05) is 68.4 Å². The maximum absolute atomic E-state index is 13.5. The average Bonchev–Trinajstić information content (AvgIpc) is 3.39. The summed E-state index contributed by atoms with van der Waals surface area (Å²) < 4.78 is 5.48. The number of amides is 3. The van der Waals surface area contributed by atoms with Crippen LogP contribution in [0.5, 0.6) is 5.75 Å². The Kier molecular flexibility index (Phi) is 6.95. The maximum atomic E-state index is 13.5. The smallest absolute Gasteiger partial charge is 0.256 e. The molecule has 3 aromatic carbocycles. The van der Waals surface area contributed by atoms with Crippen molar-refractivity contribution >= 4 is 23.4 Å². The van der Waals surface area contributed by atoms with Crippen LogP contribution in [0.3, 0.4) is 0 Å². The molecule has 190 valence electrons. The molecule has 0 radical (unpaired) electrons. The van der Waals surface area contributed by atoms with Crippen LogP contribution in [0.2, 0.25) is 0 Å². The van der Waals surface area contributed by atoms with Crippen molar-refractivity contribution in [3.05, 3.63) is 95.1 Å². The predicted molar refractivity (Wildman–Crippen MR) is 142 cm³/mol. The third kappa shape index (κ3) is 4.94. The lowest BCUT2D eigenvalue weighted by molar-refractivity contribution is -0.122. The topological polar surface area (TPSA) is 79.0 Å². The van der Waals surface area contributed by atoms with Gasteiger partial charge in [-0.05, 0) is 74.2 Å². The van der Waals surface area contributed by atoms with E-state index in [-0.39, 0.29) is 23.8 Å². The molecule has 5 rings (SSSR count). The van der Waals surface area contributed by atoms with E-state index >= 15 is 0 Å². The van der Waals surface area contributed by atoms with E-state index in [0.717, 1.165) is 23.3 Å². The highest BCUT2D eigenvalue weighted by molar-refractivity contribution is 6.11. The first-order valence-electron chi connectivity index (χ1n) is 12.8. The molecule has 0 saturated carbocycles. The van der Waals surface area contributed by atoms with Gasteiger partial charge in [0.25, 0.3) is 11.8 Å². The summed E-state index contributed by atoms with van der Waals surface area (Å²) in [6, 6.07) is 21.7. The van der Waals surface area contributed by atoms with Crippen LogP contribution in [0.15, 0.2) is 72.8 Å². The summed E-state index contributed by atoms with van der Waals surface area (Å²) in [5, 5.41) is 3.04. The number of nitrogens with one attached hydrogen (secondary N) is 1. The molecule has 3 amide bonds. The van der Waals surface area contributed by atoms with Crippen molar-refractivity contribution in [2.45, 2.75) is 45.3 Å². The predicted octanol–water partition coefficient (Wildman–Crippen LogP) is 4.73. The first-order chi connectivity index (χ1) is 18.0. The van der Waals surface area contributed by atoms with Gasteiger partial charge in [-0.15, -0.1) is 0 Å². The number of carbonyl (C=O) groups excluding carboxylic acids is 3. The number of ether oxygens (including phenoxy) is 1. The molecule has 7 heteroatoms. The van der Waals surface area contributed by atoms with Crippen LogP contribution < -0.4 is 15.0 Å². The molecule has 1 N–H and O–H groups in total. The molecular formula is C30H31N3O4. The molecule has 0 unspecified atom stereocenters. The number of carbonyl (C=O) groups is 3. The lowest BCUT2D eigenvalue weighted by Crippen LogP contribution is -2.44. The number of anilines is 1. The highest BCUT2D eigenvalue weighted by atomic mass is 16.5. The van der Waals surface area contributed by atoms with E-state index in [1.165, 1.54) is 0 Å². The highest BCUT2D eigenvalue weighted by Gasteiger charge is 2.41. The summed E-state index contributed by atoms with van der Waals surface area (Å²) in [5.74, 6) is 0.497. The Labute approximate surface area is 217 Å². The Morgan fingerprint density at radius 3 is 2.49 bits per heavy atom. The van der Waals surface area contributed by atoms with Crippen molar-refractivity contribution in [2.24, 2.45) is 0 Å². The van der Waals surface area contributed by atoms with Gasteiger partial charge < -0.3 is 19.9 Å². The normalized spacial score (nSPS) is 17.6. The van der Waals surface area contributed by atoms with E-state index in [4.69, 9.17) is 4.74 Å². The first-order valence-corrected chi connectivity index (χ1v) is 12.8. The van der Waals surface area contributed by atoms with Crippen molar-refractivity contribution in [3.8, 4) is 5.75 Å². The summed E-state index contributed by atoms with van der Waals surface area (Å²) in [5.41, 5.74) is 3.61. The standard InChI is InChI=1S/C30H31N3O4/c1-3-37-24-16-14-22(15-17-24)20(2)31-28(34)23-12-10-21(11-13-23)19-33-26-8-5-4-7-25(26)29(35)32-18-6-9-27(32)30(33)36/h4-5,7-8,10-17,20,27H,3,6,9,18-19H2,1-2H3,(H,31,34)/t20-,27-/m0/s1. The van der Waals surface area contributed by atoms with Crippen LogP contribution in [0.25, 0.3) is 0 Å². The monoisotopic (exact) mass is 497 g/mol. The van der Waals surface area contributed by atoms with Gasteiger partial charge in [0.05, 0.1) is 30.4 Å². The van der Waals surface area contributed by atoms with Crippen LogP contribution in [0, 0.1) is 0 Å². The fourth-order valence-corrected chi connectivity index (χ4v) is 5.10. The van der Waals surface area contributed by atoms with Gasteiger partial charge in [0.2, 0.25) is 5.91 Å². The highest BCUT2D eigenvalue weighted by Crippen LogP contribution is 2.33. The van der Waals surface area contributed by atoms with Crippen molar-refractivity contribution in [3.63, 3.8) is 0 Å². The third-order valence-electron chi connectivity index (χ3n) is 7.09. The molecule has 1 saturated heterocycles. The Bertz CT molecular complexity index is 1300. The zero-order chi connectivity index (χ0) is 25.9. The van der Waals surface area contributed by atoms with Gasteiger partial charge in [-0.2, -0.15) is 0 Å². The molecule has 0 aromatic heterocycles. The van der Waals surface area contributed by atoms with Gasteiger partial charge in [0.15, 0.2) is 0 Å². The quantitative estimate of drug-likeness (QED) is 0.512. The van der Waals surface area contributed by atoms with Gasteiger partial charge >= 0.3 is 0 Å². The van der Waals surface area contributed by atoms with Crippen LogP contribution in [0.4, 0.5) is 5.69 Å². The average molecular weight is 498 g/mol. The Hall–Kier alpha value is -4.13. The molecule has 2 atom stereocenters. The molecule has 3 aromatic rings. The number of hydrogen-bond donors (Lipinski definition) is 1. The number of hydrogen-bond acceptors (Lipinski definition) is 4. The minimum atomic E-state index is -0.422. The Balaban J connectivity index is 1.30. The summed E-state index contributed by atoms with van der Waals surface area (Å²) in [6.07, 6.45) is 1.51. The minimum Gasteiger partial charge on any atom is -0.494 e. The molecule has 1 fully saturated rings. The molecule has 0 aliphatic carbocycles. The van der Waals surface area contributed by atoms with E-state index in [2.05, 4.69) is 5.32 Å². The molecule has 2 aliphatic rings. The Morgan fingerprint density at radius 1 is 1.03 bits per heavy atom. The zero-order valence-electron chi connectivity index (χ0n) is 21.1.